The summed E-state index contributed by atoms with van der Waals surface area (Å²) in [6.07, 6.45) is 2.45. The second-order valence-electron chi connectivity index (χ2n) is 4.90. The minimum absolute atomic E-state index is 0.192. The van der Waals surface area contributed by atoms with Crippen molar-refractivity contribution in [3.05, 3.63) is 58.6 Å². The summed E-state index contributed by atoms with van der Waals surface area (Å²) in [5.74, 6) is -0.603. The zero-order valence-electron chi connectivity index (χ0n) is 13.4. The van der Waals surface area contributed by atoms with Gasteiger partial charge in [0.25, 0.3) is 5.91 Å². The Balaban J connectivity index is 2.07. The number of halogens is 1. The molecule has 0 aliphatic heterocycles. The van der Waals surface area contributed by atoms with Gasteiger partial charge < -0.3 is 19.9 Å². The Bertz CT molecular complexity index is 790. The summed E-state index contributed by atoms with van der Waals surface area (Å²) >= 11 is 3.34. The normalized spacial score (nSPS) is 10.5. The number of rotatable bonds is 7. The highest BCUT2D eigenvalue weighted by Crippen LogP contribution is 2.34. The summed E-state index contributed by atoms with van der Waals surface area (Å²) in [6, 6.07) is 12.3. The molecule has 0 saturated heterocycles. The van der Waals surface area contributed by atoms with E-state index >= 15 is 0 Å². The lowest BCUT2D eigenvalue weighted by Gasteiger charge is -2.13. The molecule has 0 bridgehead atoms. The predicted molar refractivity (Wildman–Crippen MR) is 97.9 cm³/mol. The standard InChI is InChI=1S/C18H16BrNO5/c1-24-15-9-12(7-8-18(22)23)14(19)10-16(15)25-11-17(21)20-13-5-3-2-4-6-13/h2-10H,11H2,1H3,(H,20,21)(H,22,23). The van der Waals surface area contributed by atoms with Crippen molar-refractivity contribution in [2.45, 2.75) is 0 Å². The zero-order chi connectivity index (χ0) is 18.2. The molecule has 2 aromatic rings. The lowest BCUT2D eigenvalue weighted by atomic mass is 10.2. The second kappa shape index (κ2) is 8.89. The number of carbonyl (C=O) groups is 2. The molecule has 0 atom stereocenters. The van der Waals surface area contributed by atoms with E-state index < -0.39 is 5.97 Å². The predicted octanol–water partition coefficient (Wildman–Crippen LogP) is 3.57. The van der Waals surface area contributed by atoms with E-state index in [4.69, 9.17) is 14.6 Å². The van der Waals surface area contributed by atoms with Gasteiger partial charge >= 0.3 is 5.97 Å². The molecule has 2 aromatic carbocycles. The number of nitrogens with one attached hydrogen (secondary N) is 1. The van der Waals surface area contributed by atoms with Gasteiger partial charge in [0.15, 0.2) is 18.1 Å². The number of carbonyl (C=O) groups excluding carboxylic acids is 1. The maximum atomic E-state index is 11.9. The summed E-state index contributed by atoms with van der Waals surface area (Å²) in [5.41, 5.74) is 1.29. The Morgan fingerprint density at radius 3 is 2.56 bits per heavy atom. The summed E-state index contributed by atoms with van der Waals surface area (Å²) < 4.78 is 11.4. The van der Waals surface area contributed by atoms with Crippen LogP contribution in [0.4, 0.5) is 5.69 Å². The van der Waals surface area contributed by atoms with Gasteiger partial charge in [0, 0.05) is 16.2 Å². The largest absolute Gasteiger partial charge is 0.493 e. The van der Waals surface area contributed by atoms with E-state index in [1.165, 1.54) is 13.2 Å². The average Bonchev–Trinajstić information content (AvgIpc) is 2.59. The Hall–Kier alpha value is -2.80. The van der Waals surface area contributed by atoms with Gasteiger partial charge in [0.1, 0.15) is 0 Å². The third-order valence-corrected chi connectivity index (χ3v) is 3.79. The van der Waals surface area contributed by atoms with E-state index in [9.17, 15) is 9.59 Å². The van der Waals surface area contributed by atoms with Gasteiger partial charge in [0.2, 0.25) is 0 Å². The lowest BCUT2D eigenvalue weighted by molar-refractivity contribution is -0.131. The molecular formula is C18H16BrNO5. The Morgan fingerprint density at radius 1 is 1.20 bits per heavy atom. The van der Waals surface area contributed by atoms with Gasteiger partial charge in [-0.3, -0.25) is 4.79 Å². The fraction of sp³-hybridized carbons (Fsp3) is 0.111. The van der Waals surface area contributed by atoms with Crippen LogP contribution >= 0.6 is 15.9 Å². The van der Waals surface area contributed by atoms with Gasteiger partial charge in [-0.2, -0.15) is 0 Å². The molecular weight excluding hydrogens is 390 g/mol. The van der Waals surface area contributed by atoms with Crippen molar-refractivity contribution in [3.8, 4) is 11.5 Å². The van der Waals surface area contributed by atoms with Crippen LogP contribution in [0.5, 0.6) is 11.5 Å². The Labute approximate surface area is 153 Å². The van der Waals surface area contributed by atoms with Crippen LogP contribution in [0.3, 0.4) is 0 Å². The molecule has 1 amide bonds. The molecule has 0 aliphatic carbocycles. The first-order chi connectivity index (χ1) is 12.0. The summed E-state index contributed by atoms with van der Waals surface area (Å²) in [4.78, 5) is 22.6. The number of hydrogen-bond donors (Lipinski definition) is 2. The monoisotopic (exact) mass is 405 g/mol. The van der Waals surface area contributed by atoms with Crippen LogP contribution in [-0.4, -0.2) is 30.7 Å². The van der Waals surface area contributed by atoms with E-state index in [1.54, 1.807) is 24.3 Å². The lowest BCUT2D eigenvalue weighted by Crippen LogP contribution is -2.20. The van der Waals surface area contributed by atoms with Crippen LogP contribution in [0, 0.1) is 0 Å². The fourth-order valence-electron chi connectivity index (χ4n) is 1.97. The van der Waals surface area contributed by atoms with Crippen molar-refractivity contribution in [2.24, 2.45) is 0 Å². The maximum absolute atomic E-state index is 11.9. The Kier molecular flexibility index (Phi) is 6.59. The first-order valence-corrected chi connectivity index (χ1v) is 8.05. The van der Waals surface area contributed by atoms with Crippen LogP contribution in [0.1, 0.15) is 5.56 Å². The molecule has 6 nitrogen and oxygen atoms in total. The molecule has 2 N–H and O–H groups in total. The van der Waals surface area contributed by atoms with Crippen LogP contribution in [0.25, 0.3) is 6.08 Å². The topological polar surface area (TPSA) is 84.9 Å². The van der Waals surface area contributed by atoms with Gasteiger partial charge in [-0.05, 0) is 35.9 Å². The molecule has 0 aromatic heterocycles. The molecule has 0 aliphatic rings. The number of benzene rings is 2. The van der Waals surface area contributed by atoms with Crippen molar-refractivity contribution < 1.29 is 24.2 Å². The molecule has 0 saturated carbocycles. The highest BCUT2D eigenvalue weighted by atomic mass is 79.9. The van der Waals surface area contributed by atoms with E-state index in [0.717, 1.165) is 6.08 Å². The van der Waals surface area contributed by atoms with Crippen molar-refractivity contribution in [1.82, 2.24) is 0 Å². The average molecular weight is 406 g/mol. The fourth-order valence-corrected chi connectivity index (χ4v) is 2.43. The van der Waals surface area contributed by atoms with Crippen LogP contribution in [0.15, 0.2) is 53.0 Å². The van der Waals surface area contributed by atoms with Crippen LogP contribution in [-0.2, 0) is 9.59 Å². The van der Waals surface area contributed by atoms with Gasteiger partial charge in [0.05, 0.1) is 7.11 Å². The highest BCUT2D eigenvalue weighted by Gasteiger charge is 2.11. The van der Waals surface area contributed by atoms with Crippen molar-refractivity contribution in [1.29, 1.82) is 0 Å². The minimum Gasteiger partial charge on any atom is -0.493 e. The first-order valence-electron chi connectivity index (χ1n) is 7.26. The number of amides is 1. The number of anilines is 1. The van der Waals surface area contributed by atoms with E-state index in [2.05, 4.69) is 21.2 Å². The molecule has 0 heterocycles. The number of hydrogen-bond acceptors (Lipinski definition) is 4. The minimum atomic E-state index is -1.05. The second-order valence-corrected chi connectivity index (χ2v) is 5.75. The summed E-state index contributed by atoms with van der Waals surface area (Å²) in [7, 11) is 1.46. The zero-order valence-corrected chi connectivity index (χ0v) is 14.9. The number of carboxylic acid groups (broad SMARTS) is 1. The SMILES string of the molecule is COc1cc(C=CC(=O)O)c(Br)cc1OCC(=O)Nc1ccccc1. The van der Waals surface area contributed by atoms with Gasteiger partial charge in [-0.1, -0.05) is 34.1 Å². The van der Waals surface area contributed by atoms with E-state index in [-0.39, 0.29) is 12.5 Å². The molecule has 7 heteroatoms. The molecule has 130 valence electrons. The van der Waals surface area contributed by atoms with E-state index in [1.807, 2.05) is 18.2 Å². The maximum Gasteiger partial charge on any atom is 0.328 e. The molecule has 0 unspecified atom stereocenters. The quantitative estimate of drug-likeness (QED) is 0.687. The van der Waals surface area contributed by atoms with Gasteiger partial charge in [-0.25, -0.2) is 4.79 Å². The number of methoxy groups -OCH3 is 1. The van der Waals surface area contributed by atoms with Crippen molar-refractivity contribution >= 4 is 39.6 Å². The Morgan fingerprint density at radius 2 is 1.92 bits per heavy atom. The first kappa shape index (κ1) is 18.5. The summed E-state index contributed by atoms with van der Waals surface area (Å²) in [6.45, 7) is -0.192. The third-order valence-electron chi connectivity index (χ3n) is 3.10. The van der Waals surface area contributed by atoms with Crippen molar-refractivity contribution in [3.63, 3.8) is 0 Å². The number of para-hydroxylation sites is 1. The number of ether oxygens (including phenoxy) is 2. The summed E-state index contributed by atoms with van der Waals surface area (Å²) in [5, 5.41) is 11.4. The third kappa shape index (κ3) is 5.65. The van der Waals surface area contributed by atoms with E-state index in [0.29, 0.717) is 27.2 Å². The molecule has 25 heavy (non-hydrogen) atoms. The highest BCUT2D eigenvalue weighted by molar-refractivity contribution is 9.10. The number of aliphatic carboxylic acids is 1. The molecule has 0 spiro atoms. The molecule has 0 fully saturated rings. The van der Waals surface area contributed by atoms with Crippen LogP contribution in [0.2, 0.25) is 0 Å². The van der Waals surface area contributed by atoms with Crippen LogP contribution < -0.4 is 14.8 Å². The van der Waals surface area contributed by atoms with Crippen molar-refractivity contribution in [2.75, 3.05) is 19.0 Å². The van der Waals surface area contributed by atoms with Gasteiger partial charge in [-0.15, -0.1) is 0 Å². The smallest absolute Gasteiger partial charge is 0.328 e. The number of carboxylic acids is 1. The molecule has 0 radical (unpaired) electrons. The molecule has 2 rings (SSSR count).